The van der Waals surface area contributed by atoms with Gasteiger partial charge in [0.25, 0.3) is 0 Å². The Labute approximate surface area is 301 Å². The van der Waals surface area contributed by atoms with Crippen LogP contribution in [-0.2, 0) is 15.1 Å². The van der Waals surface area contributed by atoms with E-state index in [0.717, 1.165) is 90.7 Å². The van der Waals surface area contributed by atoms with Gasteiger partial charge in [-0.15, -0.1) is 11.3 Å². The molecule has 3 aromatic carbocycles. The van der Waals surface area contributed by atoms with Crippen LogP contribution in [0.5, 0.6) is 0 Å². The van der Waals surface area contributed by atoms with Crippen molar-refractivity contribution in [3.63, 3.8) is 0 Å². The van der Waals surface area contributed by atoms with Crippen molar-refractivity contribution in [3.05, 3.63) is 130 Å². The van der Waals surface area contributed by atoms with Crippen LogP contribution in [0.3, 0.4) is 0 Å². The number of morpholine rings is 1. The molecule has 0 amide bonds. The standard InChI is InChI=1S/C20H25NOS.C18H24NO2S.HI/c1-3-21(4-2)15-16-23-20(22)19(17-11-7-5-8-12-17)18-13-9-6-10-14-18;1-19(11-13-21-14-12-19)10-9-18(20,17-8-5-15-22-17)16-6-3-2-4-7-16;/h5-14,19H,3-4,15-16H2,1-2H3;2-8,15,20H,9-14H2,1H3;1H/q;+1;/p-1. The van der Waals surface area contributed by atoms with E-state index in [-0.39, 0.29) is 35.0 Å². The van der Waals surface area contributed by atoms with E-state index in [1.54, 1.807) is 11.3 Å². The molecule has 1 saturated heterocycles. The fourth-order valence-corrected chi connectivity index (χ4v) is 7.60. The fourth-order valence-electron chi connectivity index (χ4n) is 5.73. The molecule has 0 bridgehead atoms. The van der Waals surface area contributed by atoms with Gasteiger partial charge in [0.15, 0.2) is 0 Å². The molecule has 1 aliphatic rings. The highest BCUT2D eigenvalue weighted by atomic mass is 127. The molecule has 0 saturated carbocycles. The molecule has 5 rings (SSSR count). The lowest BCUT2D eigenvalue weighted by molar-refractivity contribution is -0.917. The number of nitrogens with zero attached hydrogens (tertiary/aromatic N) is 2. The SMILES string of the molecule is CCN(CC)CCSC(=O)C(c1ccccc1)c1ccccc1.C[N+]1(CCC(O)(c2ccccc2)c2cccs2)CCOCC1.[I-]. The first-order valence-electron chi connectivity index (χ1n) is 16.1. The third-order valence-corrected chi connectivity index (χ3v) is 10.7. The van der Waals surface area contributed by atoms with Crippen LogP contribution in [0.4, 0.5) is 0 Å². The highest BCUT2D eigenvalue weighted by Gasteiger charge is 2.36. The minimum absolute atomic E-state index is 0. The minimum Gasteiger partial charge on any atom is -1.00 e. The highest BCUT2D eigenvalue weighted by Crippen LogP contribution is 2.36. The van der Waals surface area contributed by atoms with Crippen molar-refractivity contribution in [1.82, 2.24) is 4.90 Å². The van der Waals surface area contributed by atoms with E-state index >= 15 is 0 Å². The molecule has 0 spiro atoms. The molecule has 0 aliphatic carbocycles. The van der Waals surface area contributed by atoms with Crippen LogP contribution >= 0.6 is 23.1 Å². The lowest BCUT2D eigenvalue weighted by Gasteiger charge is -2.40. The smallest absolute Gasteiger partial charge is 0.200 e. The molecule has 1 atom stereocenters. The molecule has 1 N–H and O–H groups in total. The van der Waals surface area contributed by atoms with Gasteiger partial charge >= 0.3 is 0 Å². The van der Waals surface area contributed by atoms with Gasteiger partial charge < -0.3 is 43.2 Å². The van der Waals surface area contributed by atoms with Gasteiger partial charge in [-0.2, -0.15) is 0 Å². The van der Waals surface area contributed by atoms with E-state index in [2.05, 4.69) is 25.8 Å². The molecule has 5 nitrogen and oxygen atoms in total. The lowest BCUT2D eigenvalue weighted by Crippen LogP contribution is -3.00. The zero-order valence-corrected chi connectivity index (χ0v) is 31.2. The summed E-state index contributed by atoms with van der Waals surface area (Å²) in [5.41, 5.74) is 2.23. The van der Waals surface area contributed by atoms with Gasteiger partial charge in [-0.1, -0.05) is 123 Å². The number of hydrogen-bond acceptors (Lipinski definition) is 6. The third kappa shape index (κ3) is 11.0. The van der Waals surface area contributed by atoms with Crippen molar-refractivity contribution in [2.45, 2.75) is 31.8 Å². The first kappa shape index (κ1) is 38.4. The Bertz CT molecular complexity index is 1340. The van der Waals surface area contributed by atoms with E-state index in [1.165, 1.54) is 11.8 Å². The molecule has 46 heavy (non-hydrogen) atoms. The summed E-state index contributed by atoms with van der Waals surface area (Å²) in [7, 11) is 2.27. The molecule has 1 unspecified atom stereocenters. The Hall–Kier alpha value is -2.05. The normalized spacial score (nSPS) is 15.3. The van der Waals surface area contributed by atoms with Crippen LogP contribution in [-0.4, -0.2) is 84.9 Å². The van der Waals surface area contributed by atoms with Crippen LogP contribution in [0.15, 0.2) is 109 Å². The number of thiophene rings is 1. The lowest BCUT2D eigenvalue weighted by atomic mass is 9.88. The second-order valence-electron chi connectivity index (χ2n) is 11.8. The predicted molar refractivity (Wildman–Crippen MR) is 190 cm³/mol. The van der Waals surface area contributed by atoms with E-state index in [4.69, 9.17) is 4.74 Å². The van der Waals surface area contributed by atoms with Crippen molar-refractivity contribution in [2.75, 3.05) is 65.3 Å². The zero-order valence-electron chi connectivity index (χ0n) is 27.4. The molecule has 1 aromatic heterocycles. The number of benzene rings is 3. The molecule has 1 fully saturated rings. The topological polar surface area (TPSA) is 49.8 Å². The number of halogens is 1. The Morgan fingerprint density at radius 3 is 1.93 bits per heavy atom. The molecule has 1 aliphatic heterocycles. The number of ether oxygens (including phenoxy) is 1. The molecule has 0 radical (unpaired) electrons. The van der Waals surface area contributed by atoms with Gasteiger partial charge in [-0.05, 0) is 41.2 Å². The van der Waals surface area contributed by atoms with Crippen molar-refractivity contribution in [2.24, 2.45) is 0 Å². The molecule has 248 valence electrons. The second-order valence-corrected chi connectivity index (χ2v) is 13.9. The van der Waals surface area contributed by atoms with Crippen LogP contribution in [0, 0.1) is 0 Å². The zero-order chi connectivity index (χ0) is 32.0. The van der Waals surface area contributed by atoms with Gasteiger partial charge in [0, 0.05) is 23.6 Å². The minimum atomic E-state index is -0.894. The number of aliphatic hydroxyl groups is 1. The Morgan fingerprint density at radius 2 is 1.43 bits per heavy atom. The van der Waals surface area contributed by atoms with E-state index in [1.807, 2.05) is 109 Å². The summed E-state index contributed by atoms with van der Waals surface area (Å²) in [6.07, 6.45) is 0.730. The predicted octanol–water partition coefficient (Wildman–Crippen LogP) is 4.28. The molecule has 8 heteroatoms. The number of likely N-dealkylation sites (N-methyl/N-ethyl adjacent to an activating group) is 1. The van der Waals surface area contributed by atoms with Crippen LogP contribution in [0.2, 0.25) is 0 Å². The average molecular weight is 773 g/mol. The van der Waals surface area contributed by atoms with E-state index in [0.29, 0.717) is 0 Å². The van der Waals surface area contributed by atoms with Gasteiger partial charge in [-0.3, -0.25) is 4.79 Å². The highest BCUT2D eigenvalue weighted by molar-refractivity contribution is 8.13. The third-order valence-electron chi connectivity index (χ3n) is 8.79. The van der Waals surface area contributed by atoms with Gasteiger partial charge in [0.1, 0.15) is 18.7 Å². The van der Waals surface area contributed by atoms with E-state index in [9.17, 15) is 9.90 Å². The first-order valence-corrected chi connectivity index (χ1v) is 18.0. The monoisotopic (exact) mass is 772 g/mol. The number of carbonyl (C=O) groups excluding carboxylic acids is 1. The molecule has 4 aromatic rings. The van der Waals surface area contributed by atoms with Crippen molar-refractivity contribution in [3.8, 4) is 0 Å². The summed E-state index contributed by atoms with van der Waals surface area (Å²) in [6.45, 7) is 12.0. The number of rotatable bonds is 13. The Morgan fingerprint density at radius 1 is 0.891 bits per heavy atom. The fraction of sp³-hybridized carbons (Fsp3) is 0.395. The number of thioether (sulfide) groups is 1. The van der Waals surface area contributed by atoms with Crippen molar-refractivity contribution in [1.29, 1.82) is 0 Å². The summed E-state index contributed by atoms with van der Waals surface area (Å²) in [5, 5.41) is 13.7. The summed E-state index contributed by atoms with van der Waals surface area (Å²) < 4.78 is 6.45. The number of carbonyl (C=O) groups is 1. The average Bonchev–Trinajstić information content (AvgIpc) is 3.64. The van der Waals surface area contributed by atoms with Gasteiger partial charge in [0.05, 0.1) is 32.7 Å². The Balaban J connectivity index is 0.000000245. The summed E-state index contributed by atoms with van der Waals surface area (Å²) in [4.78, 5) is 16.2. The summed E-state index contributed by atoms with van der Waals surface area (Å²) in [5.74, 6) is 0.663. The van der Waals surface area contributed by atoms with E-state index < -0.39 is 5.60 Å². The van der Waals surface area contributed by atoms with Gasteiger partial charge in [-0.25, -0.2) is 0 Å². The molecular formula is C38H49IN2O3S2. The maximum Gasteiger partial charge on any atom is 0.200 e. The van der Waals surface area contributed by atoms with Crippen LogP contribution < -0.4 is 24.0 Å². The van der Waals surface area contributed by atoms with Crippen molar-refractivity contribution < 1.29 is 43.1 Å². The van der Waals surface area contributed by atoms with Crippen LogP contribution in [0.25, 0.3) is 0 Å². The molecule has 2 heterocycles. The maximum atomic E-state index is 12.8. The second kappa shape index (κ2) is 19.7. The quantitative estimate of drug-likeness (QED) is 0.163. The van der Waals surface area contributed by atoms with Gasteiger partial charge in [0.2, 0.25) is 5.12 Å². The maximum absolute atomic E-state index is 12.8. The largest absolute Gasteiger partial charge is 1.00 e. The summed E-state index contributed by atoms with van der Waals surface area (Å²) >= 11 is 3.08. The summed E-state index contributed by atoms with van der Waals surface area (Å²) in [6, 6.07) is 34.2. The number of hydrogen-bond donors (Lipinski definition) is 1. The first-order chi connectivity index (χ1) is 21.9. The van der Waals surface area contributed by atoms with Crippen molar-refractivity contribution >= 4 is 28.2 Å². The molecular weight excluding hydrogens is 723 g/mol. The number of quaternary nitrogens is 1. The Kier molecular flexibility index (Phi) is 16.4. The van der Waals surface area contributed by atoms with Crippen LogP contribution in [0.1, 0.15) is 47.8 Å².